The molecule has 0 aliphatic rings. The van der Waals surface area contributed by atoms with E-state index in [1.54, 1.807) is 22.9 Å². The Hall–Kier alpha value is -3.68. The number of nitrogens with zero attached hydrogens (tertiary/aromatic N) is 5. The Balaban J connectivity index is 1.60. The summed E-state index contributed by atoms with van der Waals surface area (Å²) < 4.78 is 36.3. The molecule has 2 heterocycles. The number of aryl methyl sites for hydroxylation is 1. The molecule has 2 aromatic carbocycles. The fraction of sp³-hybridized carbons (Fsp3) is 0.280. The number of rotatable bonds is 9. The van der Waals surface area contributed by atoms with Crippen LogP contribution in [0.15, 0.2) is 42.6 Å². The van der Waals surface area contributed by atoms with Gasteiger partial charge < -0.3 is 9.47 Å². The molecule has 0 aliphatic carbocycles. The predicted octanol–water partition coefficient (Wildman–Crippen LogP) is 4.47. The van der Waals surface area contributed by atoms with Crippen LogP contribution >= 0.6 is 11.6 Å². The molecule has 0 fully saturated rings. The summed E-state index contributed by atoms with van der Waals surface area (Å²) in [7, 11) is -1.41. The molecule has 0 atom stereocenters. The van der Waals surface area contributed by atoms with E-state index in [-0.39, 0.29) is 18.2 Å². The van der Waals surface area contributed by atoms with Gasteiger partial charge in [0.25, 0.3) is 0 Å². The Morgan fingerprint density at radius 1 is 1.17 bits per heavy atom. The van der Waals surface area contributed by atoms with Gasteiger partial charge in [-0.15, -0.1) is 0 Å². The minimum Gasteiger partial charge on any atom is -0.491 e. The standard InChI is InChI=1S/C25H24ClN5O4S/c1-4-9-34-25-17(13-27)10-16(11-21(25)26)24-20-6-5-19(12-22(20)31(2)30-24)35-14-18-7-8-28-23(29-18)15-36(3,32)33/h5-8,10-12H,4,9,14-15H2,1-3H3. The van der Waals surface area contributed by atoms with Crippen molar-refractivity contribution in [1.29, 1.82) is 5.26 Å². The lowest BCUT2D eigenvalue weighted by molar-refractivity contribution is 0.301. The molecule has 0 aliphatic heterocycles. The second kappa shape index (κ2) is 10.5. The molecule has 0 saturated heterocycles. The monoisotopic (exact) mass is 525 g/mol. The fourth-order valence-electron chi connectivity index (χ4n) is 3.69. The van der Waals surface area contributed by atoms with Crippen LogP contribution in [0.25, 0.3) is 22.2 Å². The van der Waals surface area contributed by atoms with Crippen molar-refractivity contribution >= 4 is 32.3 Å². The topological polar surface area (TPSA) is 120 Å². The van der Waals surface area contributed by atoms with Gasteiger partial charge in [-0.2, -0.15) is 10.4 Å². The zero-order chi connectivity index (χ0) is 25.9. The molecule has 2 aromatic heterocycles. The molecule has 0 bridgehead atoms. The van der Waals surface area contributed by atoms with Crippen molar-refractivity contribution < 1.29 is 17.9 Å². The van der Waals surface area contributed by atoms with Crippen LogP contribution < -0.4 is 9.47 Å². The Bertz CT molecular complexity index is 1580. The third kappa shape index (κ3) is 5.75. The van der Waals surface area contributed by atoms with Gasteiger partial charge >= 0.3 is 0 Å². The Morgan fingerprint density at radius 3 is 2.69 bits per heavy atom. The first-order valence-corrected chi connectivity index (χ1v) is 13.6. The minimum atomic E-state index is -3.23. The Morgan fingerprint density at radius 2 is 1.97 bits per heavy atom. The molecule has 9 nitrogen and oxygen atoms in total. The molecule has 0 N–H and O–H groups in total. The molecular formula is C25H24ClN5O4S. The summed E-state index contributed by atoms with van der Waals surface area (Å²) in [6.07, 6.45) is 3.46. The molecule has 0 spiro atoms. The maximum absolute atomic E-state index is 11.5. The molecule has 4 aromatic rings. The molecule has 4 rings (SSSR count). The normalized spacial score (nSPS) is 11.4. The number of aromatic nitrogens is 4. The highest BCUT2D eigenvalue weighted by atomic mass is 35.5. The summed E-state index contributed by atoms with van der Waals surface area (Å²) in [5.41, 5.74) is 3.13. The van der Waals surface area contributed by atoms with Crippen molar-refractivity contribution in [2.45, 2.75) is 25.7 Å². The van der Waals surface area contributed by atoms with Crippen molar-refractivity contribution in [3.8, 4) is 28.8 Å². The average Bonchev–Trinajstić information content (AvgIpc) is 3.16. The number of hydrogen-bond donors (Lipinski definition) is 0. The van der Waals surface area contributed by atoms with E-state index < -0.39 is 9.84 Å². The zero-order valence-corrected chi connectivity index (χ0v) is 21.6. The van der Waals surface area contributed by atoms with E-state index >= 15 is 0 Å². The van der Waals surface area contributed by atoms with Crippen LogP contribution in [0.1, 0.15) is 30.4 Å². The number of nitriles is 1. The van der Waals surface area contributed by atoms with Crippen LogP contribution in [0.5, 0.6) is 11.5 Å². The third-order valence-electron chi connectivity index (χ3n) is 5.25. The summed E-state index contributed by atoms with van der Waals surface area (Å²) in [6, 6.07) is 12.9. The summed E-state index contributed by atoms with van der Waals surface area (Å²) in [4.78, 5) is 8.27. The third-order valence-corrected chi connectivity index (χ3v) is 6.32. The van der Waals surface area contributed by atoms with E-state index in [0.29, 0.717) is 45.6 Å². The highest BCUT2D eigenvalue weighted by molar-refractivity contribution is 7.89. The lowest BCUT2D eigenvalue weighted by Gasteiger charge is -2.10. The van der Waals surface area contributed by atoms with E-state index in [4.69, 9.17) is 21.1 Å². The van der Waals surface area contributed by atoms with Crippen LogP contribution in [-0.2, 0) is 29.2 Å². The van der Waals surface area contributed by atoms with E-state index in [9.17, 15) is 13.7 Å². The van der Waals surface area contributed by atoms with Gasteiger partial charge in [0.15, 0.2) is 15.6 Å². The van der Waals surface area contributed by atoms with Gasteiger partial charge in [-0.05, 0) is 36.8 Å². The van der Waals surface area contributed by atoms with Crippen LogP contribution in [-0.4, -0.2) is 41.0 Å². The maximum Gasteiger partial charge on any atom is 0.155 e. The molecule has 0 radical (unpaired) electrons. The van der Waals surface area contributed by atoms with Crippen molar-refractivity contribution in [3.63, 3.8) is 0 Å². The van der Waals surface area contributed by atoms with Crippen LogP contribution in [0.2, 0.25) is 5.02 Å². The second-order valence-corrected chi connectivity index (χ2v) is 10.8. The van der Waals surface area contributed by atoms with Crippen molar-refractivity contribution in [3.05, 3.63) is 64.7 Å². The van der Waals surface area contributed by atoms with Gasteiger partial charge in [0.1, 0.15) is 35.7 Å². The second-order valence-electron chi connectivity index (χ2n) is 8.27. The first-order chi connectivity index (χ1) is 17.2. The van der Waals surface area contributed by atoms with Gasteiger partial charge in [-0.25, -0.2) is 18.4 Å². The number of sulfone groups is 1. The molecule has 11 heteroatoms. The van der Waals surface area contributed by atoms with Crippen LogP contribution in [0.4, 0.5) is 0 Å². The SMILES string of the molecule is CCCOc1c(Cl)cc(-c2nn(C)c3cc(OCc4ccnc(CS(C)(=O)=O)n4)ccc23)cc1C#N. The lowest BCUT2D eigenvalue weighted by Crippen LogP contribution is -2.07. The number of ether oxygens (including phenoxy) is 2. The summed E-state index contributed by atoms with van der Waals surface area (Å²) in [5.74, 6) is 0.977. The van der Waals surface area contributed by atoms with E-state index in [2.05, 4.69) is 21.1 Å². The van der Waals surface area contributed by atoms with Crippen molar-refractivity contribution in [2.75, 3.05) is 12.9 Å². The number of benzene rings is 2. The molecule has 186 valence electrons. The lowest BCUT2D eigenvalue weighted by atomic mass is 10.0. The van der Waals surface area contributed by atoms with Crippen LogP contribution in [0, 0.1) is 11.3 Å². The predicted molar refractivity (Wildman–Crippen MR) is 137 cm³/mol. The molecule has 0 saturated carbocycles. The number of hydrogen-bond acceptors (Lipinski definition) is 8. The molecule has 0 unspecified atom stereocenters. The van der Waals surface area contributed by atoms with Crippen molar-refractivity contribution in [1.82, 2.24) is 19.7 Å². The first kappa shape index (κ1) is 25.4. The molecule has 0 amide bonds. The fourth-order valence-corrected chi connectivity index (χ4v) is 4.57. The molecular weight excluding hydrogens is 502 g/mol. The minimum absolute atomic E-state index is 0.149. The quantitative estimate of drug-likeness (QED) is 0.314. The zero-order valence-electron chi connectivity index (χ0n) is 20.0. The number of halogens is 1. The highest BCUT2D eigenvalue weighted by Crippen LogP contribution is 2.37. The van der Waals surface area contributed by atoms with Gasteiger partial charge in [-0.3, -0.25) is 4.68 Å². The summed E-state index contributed by atoms with van der Waals surface area (Å²) in [5, 5.41) is 15.5. The van der Waals surface area contributed by atoms with Gasteiger partial charge in [0.05, 0.1) is 28.4 Å². The smallest absolute Gasteiger partial charge is 0.155 e. The Kier molecular flexibility index (Phi) is 7.43. The summed E-state index contributed by atoms with van der Waals surface area (Å²) >= 11 is 6.45. The van der Waals surface area contributed by atoms with Crippen molar-refractivity contribution in [2.24, 2.45) is 7.05 Å². The summed E-state index contributed by atoms with van der Waals surface area (Å²) in [6.45, 7) is 2.60. The van der Waals surface area contributed by atoms with E-state index in [1.807, 2.05) is 32.2 Å². The highest BCUT2D eigenvalue weighted by Gasteiger charge is 2.17. The van der Waals surface area contributed by atoms with E-state index in [0.717, 1.165) is 23.6 Å². The average molecular weight is 526 g/mol. The first-order valence-electron chi connectivity index (χ1n) is 11.1. The van der Waals surface area contributed by atoms with Gasteiger partial charge in [0, 0.05) is 36.5 Å². The maximum atomic E-state index is 11.5. The number of fused-ring (bicyclic) bond motifs is 1. The molecule has 36 heavy (non-hydrogen) atoms. The largest absolute Gasteiger partial charge is 0.491 e. The van der Waals surface area contributed by atoms with Gasteiger partial charge in [0.2, 0.25) is 0 Å². The Labute approximate surface area is 214 Å². The van der Waals surface area contributed by atoms with Gasteiger partial charge in [-0.1, -0.05) is 18.5 Å². The van der Waals surface area contributed by atoms with E-state index in [1.165, 1.54) is 6.20 Å². The van der Waals surface area contributed by atoms with Crippen LogP contribution in [0.3, 0.4) is 0 Å².